The standard InChI is InChI=1S/C20H20F2N4O3S/c1-30(28,29)18-7-5-15(6-8-18)16-4-2-3-14(9-16)11-25-13-24-26(20(25)27)12-17(10-23)19(21)22/h2-9,13H,10-12,23H2,1H3. The fourth-order valence-corrected chi connectivity index (χ4v) is 3.54. The van der Waals surface area contributed by atoms with Gasteiger partial charge in [0.2, 0.25) is 0 Å². The predicted octanol–water partition coefficient (Wildman–Crippen LogP) is 2.27. The second-order valence-electron chi connectivity index (χ2n) is 6.76. The van der Waals surface area contributed by atoms with Crippen LogP contribution in [0, 0.1) is 0 Å². The fourth-order valence-electron chi connectivity index (χ4n) is 2.91. The van der Waals surface area contributed by atoms with E-state index in [0.29, 0.717) is 0 Å². The monoisotopic (exact) mass is 434 g/mol. The van der Waals surface area contributed by atoms with Crippen LogP contribution in [0.2, 0.25) is 0 Å². The molecule has 2 aromatic carbocycles. The Labute approximate surface area is 172 Å². The zero-order chi connectivity index (χ0) is 21.9. The first kappa shape index (κ1) is 21.6. The number of sulfone groups is 1. The molecule has 158 valence electrons. The average molecular weight is 434 g/mol. The van der Waals surface area contributed by atoms with Crippen molar-refractivity contribution in [2.24, 2.45) is 5.73 Å². The van der Waals surface area contributed by atoms with Crippen LogP contribution in [0.4, 0.5) is 8.78 Å². The average Bonchev–Trinajstić information content (AvgIpc) is 3.05. The second kappa shape index (κ2) is 8.72. The quantitative estimate of drug-likeness (QED) is 0.615. The maximum absolute atomic E-state index is 12.8. The molecule has 0 saturated carbocycles. The summed E-state index contributed by atoms with van der Waals surface area (Å²) in [6.45, 7) is -0.521. The summed E-state index contributed by atoms with van der Waals surface area (Å²) < 4.78 is 51.0. The van der Waals surface area contributed by atoms with Gasteiger partial charge in [-0.25, -0.2) is 17.9 Å². The molecule has 0 radical (unpaired) electrons. The highest BCUT2D eigenvalue weighted by molar-refractivity contribution is 7.90. The summed E-state index contributed by atoms with van der Waals surface area (Å²) in [6.07, 6.45) is 0.531. The molecule has 1 aromatic heterocycles. The Bertz CT molecular complexity index is 1240. The summed E-state index contributed by atoms with van der Waals surface area (Å²) >= 11 is 0. The molecule has 0 fully saturated rings. The number of hydrogen-bond acceptors (Lipinski definition) is 5. The van der Waals surface area contributed by atoms with Crippen LogP contribution >= 0.6 is 0 Å². The molecule has 3 aromatic rings. The Hall–Kier alpha value is -3.11. The predicted molar refractivity (Wildman–Crippen MR) is 109 cm³/mol. The smallest absolute Gasteiger partial charge is 0.327 e. The lowest BCUT2D eigenvalue weighted by Crippen LogP contribution is -2.27. The van der Waals surface area contributed by atoms with Crippen molar-refractivity contribution in [1.29, 1.82) is 0 Å². The van der Waals surface area contributed by atoms with Crippen molar-refractivity contribution in [1.82, 2.24) is 14.3 Å². The molecule has 1 heterocycles. The molecule has 0 aliphatic carbocycles. The Morgan fingerprint density at radius 2 is 1.80 bits per heavy atom. The minimum absolute atomic E-state index is 0.202. The Morgan fingerprint density at radius 1 is 1.10 bits per heavy atom. The van der Waals surface area contributed by atoms with E-state index in [1.54, 1.807) is 24.3 Å². The molecule has 0 unspecified atom stereocenters. The number of benzene rings is 2. The molecule has 7 nitrogen and oxygen atoms in total. The van der Waals surface area contributed by atoms with Crippen LogP contribution in [0.1, 0.15) is 5.56 Å². The molecule has 0 atom stereocenters. The van der Waals surface area contributed by atoms with Crippen molar-refractivity contribution in [3.63, 3.8) is 0 Å². The number of halogens is 2. The largest absolute Gasteiger partial charge is 0.346 e. The van der Waals surface area contributed by atoms with Crippen molar-refractivity contribution < 1.29 is 17.2 Å². The lowest BCUT2D eigenvalue weighted by molar-refractivity contribution is 0.400. The van der Waals surface area contributed by atoms with Gasteiger partial charge < -0.3 is 5.73 Å². The minimum Gasteiger partial charge on any atom is -0.327 e. The van der Waals surface area contributed by atoms with Crippen molar-refractivity contribution in [2.75, 3.05) is 12.8 Å². The lowest BCUT2D eigenvalue weighted by Gasteiger charge is -2.07. The van der Waals surface area contributed by atoms with E-state index in [1.807, 2.05) is 24.3 Å². The Balaban J connectivity index is 1.83. The van der Waals surface area contributed by atoms with E-state index in [-0.39, 0.29) is 30.1 Å². The van der Waals surface area contributed by atoms with E-state index in [4.69, 9.17) is 5.73 Å². The molecule has 2 N–H and O–H groups in total. The molecule has 0 spiro atoms. The van der Waals surface area contributed by atoms with Gasteiger partial charge in [0.15, 0.2) is 9.84 Å². The van der Waals surface area contributed by atoms with Crippen LogP contribution in [0.25, 0.3) is 11.1 Å². The zero-order valence-electron chi connectivity index (χ0n) is 16.1. The molecule has 0 saturated heterocycles. The molecule has 3 rings (SSSR count). The molecule has 0 aliphatic heterocycles. The third-order valence-electron chi connectivity index (χ3n) is 4.55. The maximum atomic E-state index is 12.8. The van der Waals surface area contributed by atoms with Crippen LogP contribution in [0.3, 0.4) is 0 Å². The van der Waals surface area contributed by atoms with E-state index >= 15 is 0 Å². The summed E-state index contributed by atoms with van der Waals surface area (Å²) in [7, 11) is -3.27. The number of nitrogens with two attached hydrogens (primary N) is 1. The third kappa shape index (κ3) is 4.89. The minimum atomic E-state index is -3.27. The Morgan fingerprint density at radius 3 is 2.40 bits per heavy atom. The fraction of sp³-hybridized carbons (Fsp3) is 0.200. The van der Waals surface area contributed by atoms with Gasteiger partial charge in [-0.3, -0.25) is 4.57 Å². The Kier molecular flexibility index (Phi) is 6.28. The zero-order valence-corrected chi connectivity index (χ0v) is 16.9. The molecular formula is C20H20F2N4O3S. The second-order valence-corrected chi connectivity index (χ2v) is 8.78. The molecular weight excluding hydrogens is 414 g/mol. The van der Waals surface area contributed by atoms with Gasteiger partial charge in [-0.1, -0.05) is 30.3 Å². The van der Waals surface area contributed by atoms with E-state index in [9.17, 15) is 22.0 Å². The van der Waals surface area contributed by atoms with Crippen LogP contribution in [-0.4, -0.2) is 35.6 Å². The van der Waals surface area contributed by atoms with Crippen LogP contribution in [-0.2, 0) is 22.9 Å². The van der Waals surface area contributed by atoms with Crippen LogP contribution in [0.5, 0.6) is 0 Å². The van der Waals surface area contributed by atoms with E-state index in [2.05, 4.69) is 5.10 Å². The van der Waals surface area contributed by atoms with Crippen molar-refractivity contribution in [3.05, 3.63) is 82.6 Å². The van der Waals surface area contributed by atoms with Crippen molar-refractivity contribution in [3.8, 4) is 11.1 Å². The molecule has 0 bridgehead atoms. The van der Waals surface area contributed by atoms with Crippen LogP contribution < -0.4 is 11.4 Å². The summed E-state index contributed by atoms with van der Waals surface area (Å²) in [6, 6.07) is 13.9. The van der Waals surface area contributed by atoms with Crippen LogP contribution in [0.15, 0.2) is 76.2 Å². The maximum Gasteiger partial charge on any atom is 0.346 e. The van der Waals surface area contributed by atoms with E-state index in [1.165, 1.54) is 10.9 Å². The highest BCUT2D eigenvalue weighted by atomic mass is 32.2. The van der Waals surface area contributed by atoms with Crippen molar-refractivity contribution >= 4 is 9.84 Å². The number of nitrogens with zero attached hydrogens (tertiary/aromatic N) is 3. The molecule has 0 aliphatic rings. The van der Waals surface area contributed by atoms with Gasteiger partial charge in [-0.05, 0) is 34.9 Å². The van der Waals surface area contributed by atoms with E-state index < -0.39 is 21.6 Å². The van der Waals surface area contributed by atoms with E-state index in [0.717, 1.165) is 27.6 Å². The molecule has 10 heteroatoms. The van der Waals surface area contributed by atoms with Gasteiger partial charge in [0.1, 0.15) is 6.33 Å². The number of hydrogen-bond donors (Lipinski definition) is 1. The first-order valence-electron chi connectivity index (χ1n) is 8.94. The van der Waals surface area contributed by atoms with Gasteiger partial charge >= 0.3 is 5.69 Å². The summed E-state index contributed by atoms with van der Waals surface area (Å²) in [5, 5.41) is 3.88. The highest BCUT2D eigenvalue weighted by Crippen LogP contribution is 2.22. The van der Waals surface area contributed by atoms with Gasteiger partial charge in [0, 0.05) is 18.4 Å². The summed E-state index contributed by atoms with van der Waals surface area (Å²) in [5.74, 6) is 0. The first-order chi connectivity index (χ1) is 14.2. The SMILES string of the molecule is CS(=O)(=O)c1ccc(-c2cccc(Cn3cnn(CC(CN)=C(F)F)c3=O)c2)cc1. The number of aromatic nitrogens is 3. The lowest BCUT2D eigenvalue weighted by atomic mass is 10.0. The van der Waals surface area contributed by atoms with Gasteiger partial charge in [0.05, 0.1) is 18.0 Å². The van der Waals surface area contributed by atoms with Gasteiger partial charge in [-0.2, -0.15) is 13.9 Å². The normalized spacial score (nSPS) is 11.5. The summed E-state index contributed by atoms with van der Waals surface area (Å²) in [5.41, 5.74) is 6.89. The van der Waals surface area contributed by atoms with Gasteiger partial charge in [-0.15, -0.1) is 0 Å². The highest BCUT2D eigenvalue weighted by Gasteiger charge is 2.12. The summed E-state index contributed by atoms with van der Waals surface area (Å²) in [4.78, 5) is 12.7. The van der Waals surface area contributed by atoms with Gasteiger partial charge in [0.25, 0.3) is 6.08 Å². The molecule has 0 amide bonds. The van der Waals surface area contributed by atoms with Crippen molar-refractivity contribution in [2.45, 2.75) is 18.0 Å². The number of rotatable bonds is 7. The molecule has 30 heavy (non-hydrogen) atoms. The topological polar surface area (TPSA) is 100.0 Å². The third-order valence-corrected chi connectivity index (χ3v) is 5.68. The first-order valence-corrected chi connectivity index (χ1v) is 10.8.